The molecule has 0 aliphatic carbocycles. The number of aryl methyl sites for hydroxylation is 2. The first-order chi connectivity index (χ1) is 8.70. The van der Waals surface area contributed by atoms with Crippen LogP contribution >= 0.6 is 0 Å². The second-order valence-electron chi connectivity index (χ2n) is 5.41. The molecular weight excluding hydrogens is 222 g/mol. The van der Waals surface area contributed by atoms with Gasteiger partial charge in [-0.15, -0.1) is 0 Å². The lowest BCUT2D eigenvalue weighted by Crippen LogP contribution is -2.19. The number of hydrogen-bond acceptors (Lipinski definition) is 2. The van der Waals surface area contributed by atoms with Crippen molar-refractivity contribution in [1.82, 2.24) is 5.32 Å². The van der Waals surface area contributed by atoms with Crippen LogP contribution in [0.1, 0.15) is 48.4 Å². The lowest BCUT2D eigenvalue weighted by Gasteiger charge is -2.21. The summed E-state index contributed by atoms with van der Waals surface area (Å²) in [5.41, 5.74) is 4.16. The maximum absolute atomic E-state index is 5.71. The fraction of sp³-hybridized carbons (Fsp3) is 0.625. The van der Waals surface area contributed by atoms with Gasteiger partial charge in [0, 0.05) is 12.6 Å². The zero-order valence-electron chi connectivity index (χ0n) is 11.8. The molecule has 100 valence electrons. The Morgan fingerprint density at radius 1 is 1.39 bits per heavy atom. The Morgan fingerprint density at radius 2 is 2.22 bits per heavy atom. The Balaban J connectivity index is 1.98. The summed E-state index contributed by atoms with van der Waals surface area (Å²) in [6, 6.07) is 7.20. The van der Waals surface area contributed by atoms with E-state index in [1.165, 1.54) is 36.0 Å². The molecule has 1 fully saturated rings. The van der Waals surface area contributed by atoms with Crippen molar-refractivity contribution in [2.45, 2.75) is 51.7 Å². The number of rotatable bonds is 5. The maximum atomic E-state index is 5.71. The predicted molar refractivity (Wildman–Crippen MR) is 75.9 cm³/mol. The van der Waals surface area contributed by atoms with Crippen LogP contribution < -0.4 is 5.32 Å². The van der Waals surface area contributed by atoms with Crippen LogP contribution in [0.5, 0.6) is 0 Å². The smallest absolute Gasteiger partial charge is 0.0576 e. The van der Waals surface area contributed by atoms with E-state index in [0.29, 0.717) is 12.1 Å². The summed E-state index contributed by atoms with van der Waals surface area (Å²) in [7, 11) is 2.06. The number of benzene rings is 1. The molecule has 0 amide bonds. The molecule has 1 aliphatic heterocycles. The third-order valence-electron chi connectivity index (χ3n) is 3.95. The van der Waals surface area contributed by atoms with Gasteiger partial charge < -0.3 is 10.1 Å². The molecule has 2 unspecified atom stereocenters. The topological polar surface area (TPSA) is 21.3 Å². The summed E-state index contributed by atoms with van der Waals surface area (Å²) >= 11 is 0. The lowest BCUT2D eigenvalue weighted by atomic mass is 9.95. The van der Waals surface area contributed by atoms with Gasteiger partial charge >= 0.3 is 0 Å². The summed E-state index contributed by atoms with van der Waals surface area (Å²) in [5.74, 6) is 0. The predicted octanol–water partition coefficient (Wildman–Crippen LogP) is 3.52. The molecule has 0 aromatic heterocycles. The molecule has 1 aromatic rings. The normalized spacial score (nSPS) is 21.2. The van der Waals surface area contributed by atoms with E-state index >= 15 is 0 Å². The van der Waals surface area contributed by atoms with Crippen LogP contribution in [0.4, 0.5) is 0 Å². The van der Waals surface area contributed by atoms with Gasteiger partial charge in [0.15, 0.2) is 0 Å². The van der Waals surface area contributed by atoms with Crippen LogP contribution in [-0.4, -0.2) is 19.8 Å². The minimum absolute atomic E-state index is 0.454. The molecule has 0 saturated carbocycles. The monoisotopic (exact) mass is 247 g/mol. The van der Waals surface area contributed by atoms with Crippen molar-refractivity contribution in [3.05, 3.63) is 34.9 Å². The first kappa shape index (κ1) is 13.6. The van der Waals surface area contributed by atoms with Gasteiger partial charge in [-0.05, 0) is 57.7 Å². The van der Waals surface area contributed by atoms with Crippen molar-refractivity contribution in [2.75, 3.05) is 13.7 Å². The summed E-state index contributed by atoms with van der Waals surface area (Å²) in [6.45, 7) is 5.31. The Hall–Kier alpha value is -0.860. The molecule has 2 rings (SSSR count). The molecular formula is C16H25NO. The van der Waals surface area contributed by atoms with Gasteiger partial charge in [-0.1, -0.05) is 23.8 Å². The van der Waals surface area contributed by atoms with E-state index in [-0.39, 0.29) is 0 Å². The fourth-order valence-electron chi connectivity index (χ4n) is 2.90. The minimum Gasteiger partial charge on any atom is -0.378 e. The Kier molecular flexibility index (Phi) is 4.79. The average molecular weight is 247 g/mol. The summed E-state index contributed by atoms with van der Waals surface area (Å²) < 4.78 is 5.71. The zero-order valence-corrected chi connectivity index (χ0v) is 11.8. The van der Waals surface area contributed by atoms with Crippen LogP contribution in [0.3, 0.4) is 0 Å². The molecule has 2 atom stereocenters. The Morgan fingerprint density at radius 3 is 2.83 bits per heavy atom. The van der Waals surface area contributed by atoms with Crippen molar-refractivity contribution in [3.63, 3.8) is 0 Å². The number of ether oxygens (including phenoxy) is 1. The molecule has 0 spiro atoms. The highest BCUT2D eigenvalue weighted by Gasteiger charge is 2.18. The molecule has 1 aliphatic rings. The Labute approximate surface area is 111 Å². The van der Waals surface area contributed by atoms with E-state index in [1.54, 1.807) is 0 Å². The lowest BCUT2D eigenvalue weighted by molar-refractivity contribution is 0.0998. The summed E-state index contributed by atoms with van der Waals surface area (Å²) in [6.07, 6.45) is 5.29. The quantitative estimate of drug-likeness (QED) is 0.859. The van der Waals surface area contributed by atoms with Crippen LogP contribution in [0, 0.1) is 13.8 Å². The highest BCUT2D eigenvalue weighted by Crippen LogP contribution is 2.26. The van der Waals surface area contributed by atoms with Gasteiger partial charge in [0.05, 0.1) is 6.10 Å². The van der Waals surface area contributed by atoms with Gasteiger partial charge in [0.2, 0.25) is 0 Å². The largest absolute Gasteiger partial charge is 0.378 e. The highest BCUT2D eigenvalue weighted by atomic mass is 16.5. The summed E-state index contributed by atoms with van der Waals surface area (Å²) in [4.78, 5) is 0. The van der Waals surface area contributed by atoms with Gasteiger partial charge in [-0.2, -0.15) is 0 Å². The maximum Gasteiger partial charge on any atom is 0.0576 e. The van der Waals surface area contributed by atoms with Crippen LogP contribution in [0.25, 0.3) is 0 Å². The molecule has 1 aromatic carbocycles. The minimum atomic E-state index is 0.454. The summed E-state index contributed by atoms with van der Waals surface area (Å²) in [5, 5.41) is 3.45. The third kappa shape index (κ3) is 3.33. The average Bonchev–Trinajstić information content (AvgIpc) is 2.85. The van der Waals surface area contributed by atoms with Gasteiger partial charge in [0.1, 0.15) is 0 Å². The molecule has 0 radical (unpaired) electrons. The van der Waals surface area contributed by atoms with Crippen LogP contribution in [0.15, 0.2) is 18.2 Å². The van der Waals surface area contributed by atoms with E-state index in [9.17, 15) is 0 Å². The van der Waals surface area contributed by atoms with E-state index < -0.39 is 0 Å². The molecule has 1 saturated heterocycles. The first-order valence-corrected chi connectivity index (χ1v) is 7.06. The van der Waals surface area contributed by atoms with E-state index in [4.69, 9.17) is 4.74 Å². The van der Waals surface area contributed by atoms with E-state index in [0.717, 1.165) is 13.0 Å². The van der Waals surface area contributed by atoms with Gasteiger partial charge in [-0.25, -0.2) is 0 Å². The standard InChI is InChI=1S/C16H25NO/c1-12-6-8-15(13(2)11-12)16(17-3)9-7-14-5-4-10-18-14/h6,8,11,14,16-17H,4-5,7,9-10H2,1-3H3. The fourth-order valence-corrected chi connectivity index (χ4v) is 2.90. The van der Waals surface area contributed by atoms with Crippen LogP contribution in [0.2, 0.25) is 0 Å². The van der Waals surface area contributed by atoms with Crippen molar-refractivity contribution >= 4 is 0 Å². The van der Waals surface area contributed by atoms with E-state index in [2.05, 4.69) is 44.4 Å². The number of hydrogen-bond donors (Lipinski definition) is 1. The first-order valence-electron chi connectivity index (χ1n) is 7.06. The van der Waals surface area contributed by atoms with Crippen LogP contribution in [-0.2, 0) is 4.74 Å². The molecule has 2 heteroatoms. The SMILES string of the molecule is CNC(CCC1CCCO1)c1ccc(C)cc1C. The van der Waals surface area contributed by atoms with Crippen molar-refractivity contribution in [2.24, 2.45) is 0 Å². The molecule has 1 heterocycles. The zero-order chi connectivity index (χ0) is 13.0. The van der Waals surface area contributed by atoms with Crippen molar-refractivity contribution in [3.8, 4) is 0 Å². The van der Waals surface area contributed by atoms with Crippen molar-refractivity contribution < 1.29 is 4.74 Å². The van der Waals surface area contributed by atoms with Crippen molar-refractivity contribution in [1.29, 1.82) is 0 Å². The molecule has 2 nitrogen and oxygen atoms in total. The van der Waals surface area contributed by atoms with E-state index in [1.807, 2.05) is 0 Å². The van der Waals surface area contributed by atoms with Gasteiger partial charge in [-0.3, -0.25) is 0 Å². The van der Waals surface area contributed by atoms with Gasteiger partial charge in [0.25, 0.3) is 0 Å². The second-order valence-corrected chi connectivity index (χ2v) is 5.41. The highest BCUT2D eigenvalue weighted by molar-refractivity contribution is 5.32. The third-order valence-corrected chi connectivity index (χ3v) is 3.95. The number of nitrogens with one attached hydrogen (secondary N) is 1. The second kappa shape index (κ2) is 6.35. The molecule has 0 bridgehead atoms. The Bertz CT molecular complexity index is 383. The molecule has 18 heavy (non-hydrogen) atoms. The molecule has 1 N–H and O–H groups in total.